The second kappa shape index (κ2) is 8.16. The number of rotatable bonds is 6. The highest BCUT2D eigenvalue weighted by Crippen LogP contribution is 2.29. The molecule has 0 aliphatic carbocycles. The van der Waals surface area contributed by atoms with E-state index >= 15 is 0 Å². The Morgan fingerprint density at radius 1 is 1.14 bits per heavy atom. The molecule has 3 rings (SSSR count). The number of hydrogen-bond acceptors (Lipinski definition) is 4. The molecule has 1 heterocycles. The van der Waals surface area contributed by atoms with Gasteiger partial charge in [0.2, 0.25) is 0 Å². The quantitative estimate of drug-likeness (QED) is 0.358. The van der Waals surface area contributed by atoms with E-state index in [0.717, 1.165) is 18.2 Å². The molecule has 0 radical (unpaired) electrons. The standard InChI is InChI=1S/C20H16F3NO4/c21-20(22,23)15-6-3-5-14(13-15)9-10-18(25)27-12-4-11-24-16-7-1-2-8-17(16)28-19(24)26/h1-3,5-10,13H,4,11-12H2/b10-9+. The molecule has 0 aliphatic heterocycles. The van der Waals surface area contributed by atoms with Gasteiger partial charge in [-0.1, -0.05) is 24.3 Å². The second-order valence-corrected chi connectivity index (χ2v) is 5.96. The predicted octanol–water partition coefficient (Wildman–Crippen LogP) is 4.26. The minimum Gasteiger partial charge on any atom is -0.462 e. The highest BCUT2D eigenvalue weighted by Gasteiger charge is 2.30. The molecule has 3 aromatic rings. The van der Waals surface area contributed by atoms with E-state index < -0.39 is 23.5 Å². The van der Waals surface area contributed by atoms with E-state index in [2.05, 4.69) is 0 Å². The lowest BCUT2D eigenvalue weighted by molar-refractivity contribution is -0.138. The molecular formula is C20H16F3NO4. The summed E-state index contributed by atoms with van der Waals surface area (Å²) >= 11 is 0. The van der Waals surface area contributed by atoms with Crippen molar-refractivity contribution in [2.75, 3.05) is 6.61 Å². The first-order chi connectivity index (χ1) is 13.3. The van der Waals surface area contributed by atoms with Crippen LogP contribution in [0, 0.1) is 0 Å². The van der Waals surface area contributed by atoms with Gasteiger partial charge in [0.1, 0.15) is 0 Å². The maximum absolute atomic E-state index is 12.7. The molecule has 0 bridgehead atoms. The SMILES string of the molecule is O=C(/C=C/c1cccc(C(F)(F)F)c1)OCCCn1c(=O)oc2ccccc21. The minimum absolute atomic E-state index is 0.0533. The van der Waals surface area contributed by atoms with Crippen LogP contribution in [0.3, 0.4) is 0 Å². The lowest BCUT2D eigenvalue weighted by Crippen LogP contribution is -2.15. The first kappa shape index (κ1) is 19.5. The lowest BCUT2D eigenvalue weighted by Gasteiger charge is -2.06. The Kier molecular flexibility index (Phi) is 5.67. The van der Waals surface area contributed by atoms with E-state index in [0.29, 0.717) is 24.1 Å². The topological polar surface area (TPSA) is 61.4 Å². The molecule has 0 fully saturated rings. The molecular weight excluding hydrogens is 375 g/mol. The fourth-order valence-electron chi connectivity index (χ4n) is 2.65. The maximum Gasteiger partial charge on any atom is 0.419 e. The molecule has 8 heteroatoms. The summed E-state index contributed by atoms with van der Waals surface area (Å²) in [5.41, 5.74) is 0.584. The number of nitrogens with zero attached hydrogens (tertiary/aromatic N) is 1. The fourth-order valence-corrected chi connectivity index (χ4v) is 2.65. The summed E-state index contributed by atoms with van der Waals surface area (Å²) in [6.07, 6.45) is -1.74. The lowest BCUT2D eigenvalue weighted by atomic mass is 10.1. The molecule has 0 spiro atoms. The third-order valence-electron chi connectivity index (χ3n) is 3.97. The van der Waals surface area contributed by atoms with Gasteiger partial charge in [0.05, 0.1) is 17.7 Å². The smallest absolute Gasteiger partial charge is 0.419 e. The number of para-hydroxylation sites is 2. The molecule has 2 aromatic carbocycles. The summed E-state index contributed by atoms with van der Waals surface area (Å²) in [5, 5.41) is 0. The number of alkyl halides is 3. The number of fused-ring (bicyclic) bond motifs is 1. The van der Waals surface area contributed by atoms with E-state index in [4.69, 9.17) is 9.15 Å². The first-order valence-corrected chi connectivity index (χ1v) is 8.45. The third-order valence-corrected chi connectivity index (χ3v) is 3.97. The zero-order valence-electron chi connectivity index (χ0n) is 14.6. The van der Waals surface area contributed by atoms with E-state index in [-0.39, 0.29) is 12.2 Å². The van der Waals surface area contributed by atoms with Crippen LogP contribution >= 0.6 is 0 Å². The van der Waals surface area contributed by atoms with E-state index in [1.54, 1.807) is 24.3 Å². The Morgan fingerprint density at radius 3 is 2.71 bits per heavy atom. The summed E-state index contributed by atoms with van der Waals surface area (Å²) in [5.74, 6) is -1.17. The highest BCUT2D eigenvalue weighted by atomic mass is 19.4. The van der Waals surface area contributed by atoms with Crippen LogP contribution in [0.15, 0.2) is 63.8 Å². The average molecular weight is 391 g/mol. The van der Waals surface area contributed by atoms with Crippen LogP contribution in [-0.4, -0.2) is 17.1 Å². The molecule has 146 valence electrons. The van der Waals surface area contributed by atoms with Gasteiger partial charge in [-0.3, -0.25) is 4.57 Å². The number of aromatic nitrogens is 1. The summed E-state index contributed by atoms with van der Waals surface area (Å²) in [4.78, 5) is 23.5. The summed E-state index contributed by atoms with van der Waals surface area (Å²) in [6.45, 7) is 0.359. The van der Waals surface area contributed by atoms with Crippen LogP contribution in [-0.2, 0) is 22.3 Å². The van der Waals surface area contributed by atoms with Crippen molar-refractivity contribution in [3.8, 4) is 0 Å². The summed E-state index contributed by atoms with van der Waals surface area (Å²) in [7, 11) is 0. The van der Waals surface area contributed by atoms with Crippen LogP contribution in [0.1, 0.15) is 17.5 Å². The average Bonchev–Trinajstić information content (AvgIpc) is 2.98. The van der Waals surface area contributed by atoms with Crippen LogP contribution in [0.4, 0.5) is 13.2 Å². The van der Waals surface area contributed by atoms with Crippen molar-refractivity contribution >= 4 is 23.1 Å². The number of hydrogen-bond donors (Lipinski definition) is 0. The second-order valence-electron chi connectivity index (χ2n) is 5.96. The normalized spacial score (nSPS) is 12.0. The number of carbonyl (C=O) groups excluding carboxylic acids is 1. The van der Waals surface area contributed by atoms with Crippen LogP contribution < -0.4 is 5.76 Å². The largest absolute Gasteiger partial charge is 0.462 e. The number of benzene rings is 2. The molecule has 0 unspecified atom stereocenters. The van der Waals surface area contributed by atoms with E-state index in [9.17, 15) is 22.8 Å². The van der Waals surface area contributed by atoms with Crippen molar-refractivity contribution in [1.29, 1.82) is 0 Å². The van der Waals surface area contributed by atoms with Gasteiger partial charge < -0.3 is 9.15 Å². The van der Waals surface area contributed by atoms with Crippen molar-refractivity contribution in [1.82, 2.24) is 4.57 Å². The van der Waals surface area contributed by atoms with Gasteiger partial charge in [0, 0.05) is 12.6 Å². The van der Waals surface area contributed by atoms with Gasteiger partial charge in [-0.15, -0.1) is 0 Å². The van der Waals surface area contributed by atoms with Crippen molar-refractivity contribution in [2.45, 2.75) is 19.1 Å². The molecule has 0 N–H and O–H groups in total. The molecule has 0 amide bonds. The third kappa shape index (κ3) is 4.70. The fraction of sp³-hybridized carbons (Fsp3) is 0.200. The Bertz CT molecular complexity index is 1060. The Morgan fingerprint density at radius 2 is 1.93 bits per heavy atom. The number of ether oxygens (including phenoxy) is 1. The number of carbonyl (C=O) groups is 1. The number of halogens is 3. The predicted molar refractivity (Wildman–Crippen MR) is 96.5 cm³/mol. The zero-order chi connectivity index (χ0) is 20.1. The Labute approximate surface area is 157 Å². The molecule has 0 saturated heterocycles. The molecule has 1 aromatic heterocycles. The first-order valence-electron chi connectivity index (χ1n) is 8.45. The van der Waals surface area contributed by atoms with Crippen molar-refractivity contribution in [3.63, 3.8) is 0 Å². The Hall–Kier alpha value is -3.29. The summed E-state index contributed by atoms with van der Waals surface area (Å²) < 4.78 is 49.6. The molecule has 0 saturated carbocycles. The van der Waals surface area contributed by atoms with Gasteiger partial charge >= 0.3 is 17.9 Å². The van der Waals surface area contributed by atoms with Crippen LogP contribution in [0.2, 0.25) is 0 Å². The minimum atomic E-state index is -4.44. The van der Waals surface area contributed by atoms with Gasteiger partial charge in [0.15, 0.2) is 5.58 Å². The van der Waals surface area contributed by atoms with E-state index in [1.165, 1.54) is 22.8 Å². The molecule has 0 aliphatic rings. The summed E-state index contributed by atoms with van der Waals surface area (Å²) in [6, 6.07) is 11.6. The Balaban J connectivity index is 1.51. The van der Waals surface area contributed by atoms with Crippen molar-refractivity contribution in [2.24, 2.45) is 0 Å². The zero-order valence-corrected chi connectivity index (χ0v) is 14.6. The number of esters is 1. The monoisotopic (exact) mass is 391 g/mol. The van der Waals surface area contributed by atoms with Gasteiger partial charge in [-0.2, -0.15) is 13.2 Å². The number of oxazole rings is 1. The molecule has 5 nitrogen and oxygen atoms in total. The van der Waals surface area contributed by atoms with Crippen molar-refractivity contribution < 1.29 is 27.1 Å². The van der Waals surface area contributed by atoms with Crippen LogP contribution in [0.25, 0.3) is 17.2 Å². The van der Waals surface area contributed by atoms with Gasteiger partial charge in [0.25, 0.3) is 0 Å². The van der Waals surface area contributed by atoms with Crippen LogP contribution in [0.5, 0.6) is 0 Å². The molecule has 0 atom stereocenters. The maximum atomic E-state index is 12.7. The highest BCUT2D eigenvalue weighted by molar-refractivity contribution is 5.87. The van der Waals surface area contributed by atoms with Gasteiger partial charge in [-0.05, 0) is 42.3 Å². The molecule has 28 heavy (non-hydrogen) atoms. The van der Waals surface area contributed by atoms with Crippen molar-refractivity contribution in [3.05, 3.63) is 76.3 Å². The van der Waals surface area contributed by atoms with E-state index in [1.807, 2.05) is 0 Å². The van der Waals surface area contributed by atoms with Gasteiger partial charge in [-0.25, -0.2) is 9.59 Å². The number of aryl methyl sites for hydroxylation is 1.